The number of hydrogen-bond donors (Lipinski definition) is 0. The van der Waals surface area contributed by atoms with Crippen molar-refractivity contribution < 1.29 is 4.24 Å². The Kier molecular flexibility index (Phi) is 3.77. The van der Waals surface area contributed by atoms with Gasteiger partial charge in [-0.05, 0) is 57.9 Å². The summed E-state index contributed by atoms with van der Waals surface area (Å²) in [6.45, 7) is 15.3. The Morgan fingerprint density at radius 2 is 1.38 bits per heavy atom. The monoisotopic (exact) mass is 339 g/mol. The molecule has 0 atom stereocenters. The molecule has 26 heavy (non-hydrogen) atoms. The van der Waals surface area contributed by atoms with Crippen LogP contribution in [0.4, 0.5) is 0 Å². The maximum atomic E-state index is 4.35. The van der Waals surface area contributed by atoms with Gasteiger partial charge in [-0.25, -0.2) is 0 Å². The number of hydrogen-bond acceptors (Lipinski definition) is 0. The van der Waals surface area contributed by atoms with Gasteiger partial charge in [0, 0.05) is 41.3 Å². The third kappa shape index (κ3) is 2.47. The number of pyridine rings is 1. The van der Waals surface area contributed by atoms with Crippen LogP contribution < -0.4 is 9.46 Å². The molecule has 0 radical (unpaired) electrons. The minimum absolute atomic E-state index is 1.17. The molecule has 4 rings (SSSR count). The van der Waals surface area contributed by atoms with Gasteiger partial charge in [-0.2, -0.15) is 4.24 Å². The Morgan fingerprint density at radius 1 is 0.846 bits per heavy atom. The largest absolute Gasteiger partial charge is 0.228 e. The topological polar surface area (TPSA) is 5.90 Å². The summed E-state index contributed by atoms with van der Waals surface area (Å²) >= 11 is 0. The smallest absolute Gasteiger partial charge is 0.165 e. The van der Waals surface area contributed by atoms with E-state index in [1.807, 2.05) is 0 Å². The number of benzene rings is 2. The lowest BCUT2D eigenvalue weighted by Gasteiger charge is -2.13. The molecule has 1 aliphatic rings. The maximum Gasteiger partial charge on any atom is 0.228 e. The molecule has 0 unspecified atom stereocenters. The molecular weight excluding hydrogens is 314 g/mol. The maximum absolute atomic E-state index is 4.35. The highest BCUT2D eigenvalue weighted by molar-refractivity contribution is 5.97. The zero-order valence-corrected chi connectivity index (χ0v) is 16.3. The van der Waals surface area contributed by atoms with Gasteiger partial charge in [0.1, 0.15) is 12.3 Å². The minimum Gasteiger partial charge on any atom is -0.165 e. The van der Waals surface area contributed by atoms with Crippen LogP contribution >= 0.6 is 0 Å². The summed E-state index contributed by atoms with van der Waals surface area (Å²) < 4.78 is 2.08. The average Bonchev–Trinajstić information content (AvgIpc) is 2.56. The lowest BCUT2D eigenvalue weighted by molar-refractivity contribution is -0.436. The molecule has 1 heterocycles. The summed E-state index contributed by atoms with van der Waals surface area (Å²) in [5.41, 5.74) is 8.87. The number of allylic oxidation sites excluding steroid dienone is 4. The Balaban J connectivity index is 2.38. The lowest BCUT2D eigenvalue weighted by atomic mass is 9.84. The molecule has 1 heteroatoms. The highest BCUT2D eigenvalue weighted by atomic mass is 14.8. The van der Waals surface area contributed by atoms with E-state index in [2.05, 4.69) is 94.1 Å². The van der Waals surface area contributed by atoms with Crippen molar-refractivity contribution in [2.45, 2.75) is 34.6 Å². The molecule has 0 saturated heterocycles. The Morgan fingerprint density at radius 3 is 1.88 bits per heavy atom. The third-order valence-corrected chi connectivity index (χ3v) is 5.35. The van der Waals surface area contributed by atoms with E-state index in [0.717, 1.165) is 0 Å². The number of aryl methyl sites for hydroxylation is 2. The summed E-state index contributed by atoms with van der Waals surface area (Å²) in [4.78, 5) is 0. The van der Waals surface area contributed by atoms with E-state index in [-0.39, 0.29) is 0 Å². The van der Waals surface area contributed by atoms with Crippen molar-refractivity contribution in [3.8, 4) is 0 Å². The van der Waals surface area contributed by atoms with Gasteiger partial charge in [-0.15, -0.1) is 0 Å². The van der Waals surface area contributed by atoms with E-state index in [0.29, 0.717) is 0 Å². The molecule has 0 fully saturated rings. The standard InChI is InChI=1S/C25H25N/c1-15-7-9-22-20(13-15)25(24-18(4)11-17(3)12-19(24)5)21-14-16(2)8-10-23(21)26(22)6/h7-14H,6H2,1-5H3/q+2. The minimum atomic E-state index is 1.17. The van der Waals surface area contributed by atoms with Gasteiger partial charge in [0.25, 0.3) is 0 Å². The first kappa shape index (κ1) is 16.7. The second-order valence-electron chi connectivity index (χ2n) is 7.62. The van der Waals surface area contributed by atoms with E-state index in [4.69, 9.17) is 0 Å². The number of rotatable bonds is 0. The Bertz CT molecular complexity index is 1170. The molecule has 3 aromatic rings. The van der Waals surface area contributed by atoms with Gasteiger partial charge in [-0.1, -0.05) is 12.1 Å². The highest BCUT2D eigenvalue weighted by Crippen LogP contribution is 2.31. The molecule has 0 spiro atoms. The van der Waals surface area contributed by atoms with Crippen molar-refractivity contribution in [2.75, 3.05) is 0 Å². The zero-order valence-electron chi connectivity index (χ0n) is 16.3. The van der Waals surface area contributed by atoms with Crippen molar-refractivity contribution in [3.63, 3.8) is 0 Å². The first-order chi connectivity index (χ1) is 12.4. The Labute approximate surface area is 155 Å². The van der Waals surface area contributed by atoms with Crippen LogP contribution in [0.2, 0.25) is 0 Å². The molecule has 2 aromatic carbocycles. The number of nitrogens with zero attached hydrogens (tertiary/aromatic N) is 1. The summed E-state index contributed by atoms with van der Waals surface area (Å²) in [7, 11) is 0. The van der Waals surface area contributed by atoms with Gasteiger partial charge >= 0.3 is 0 Å². The van der Waals surface area contributed by atoms with E-state index in [9.17, 15) is 0 Å². The summed E-state index contributed by atoms with van der Waals surface area (Å²) in [6.07, 6.45) is 4.58. The summed E-state index contributed by atoms with van der Waals surface area (Å²) in [5.74, 6) is 1.33. The van der Waals surface area contributed by atoms with Gasteiger partial charge in [-0.3, -0.25) is 0 Å². The molecule has 0 amide bonds. The molecule has 0 aliphatic heterocycles. The van der Waals surface area contributed by atoms with Crippen molar-refractivity contribution in [3.05, 3.63) is 88.7 Å². The predicted octanol–water partition coefficient (Wildman–Crippen LogP) is 5.19. The van der Waals surface area contributed by atoms with E-state index >= 15 is 0 Å². The van der Waals surface area contributed by atoms with Crippen LogP contribution in [-0.2, 0) is 0 Å². The molecule has 128 valence electrons. The van der Waals surface area contributed by atoms with Crippen LogP contribution in [0.5, 0.6) is 0 Å². The summed E-state index contributed by atoms with van der Waals surface area (Å²) in [6, 6.07) is 13.3. The third-order valence-electron chi connectivity index (χ3n) is 5.35. The zero-order chi connectivity index (χ0) is 18.6. The fraction of sp³-hybridized carbons (Fsp3) is 0.200. The highest BCUT2D eigenvalue weighted by Gasteiger charge is 2.26. The second kappa shape index (κ2) is 5.88. The van der Waals surface area contributed by atoms with Crippen LogP contribution in [0, 0.1) is 26.5 Å². The number of aromatic nitrogens is 1. The van der Waals surface area contributed by atoms with Gasteiger partial charge in [0.05, 0.1) is 16.0 Å². The molecule has 1 nitrogen and oxygen atoms in total. The van der Waals surface area contributed by atoms with Gasteiger partial charge < -0.3 is 0 Å². The molecule has 0 bridgehead atoms. The van der Waals surface area contributed by atoms with Gasteiger partial charge in [0.2, 0.25) is 11.0 Å². The van der Waals surface area contributed by atoms with Crippen LogP contribution in [-0.4, -0.2) is 0 Å². The van der Waals surface area contributed by atoms with E-state index in [1.165, 1.54) is 60.8 Å². The fourth-order valence-corrected chi connectivity index (χ4v) is 4.29. The van der Waals surface area contributed by atoms with Crippen LogP contribution in [0.3, 0.4) is 0 Å². The average molecular weight is 339 g/mol. The van der Waals surface area contributed by atoms with Crippen molar-refractivity contribution >= 4 is 27.4 Å². The summed E-state index contributed by atoms with van der Waals surface area (Å²) in [5, 5.41) is 3.87. The predicted molar refractivity (Wildman–Crippen MR) is 111 cm³/mol. The normalized spacial score (nSPS) is 14.8. The van der Waals surface area contributed by atoms with Crippen LogP contribution in [0.1, 0.15) is 31.9 Å². The quantitative estimate of drug-likeness (QED) is 0.302. The number of fused-ring (bicyclic) bond motifs is 2. The molecule has 1 aromatic heterocycles. The van der Waals surface area contributed by atoms with Crippen molar-refractivity contribution in [1.29, 1.82) is 0 Å². The first-order valence-electron chi connectivity index (χ1n) is 9.14. The second-order valence-corrected chi connectivity index (χ2v) is 7.62. The lowest BCUT2D eigenvalue weighted by Crippen LogP contribution is -2.25. The van der Waals surface area contributed by atoms with Crippen LogP contribution in [0.15, 0.2) is 59.7 Å². The fourth-order valence-electron chi connectivity index (χ4n) is 4.29. The van der Waals surface area contributed by atoms with Crippen LogP contribution in [0.25, 0.3) is 27.4 Å². The molecule has 0 saturated carbocycles. The van der Waals surface area contributed by atoms with E-state index in [1.54, 1.807) is 0 Å². The molecule has 0 N–H and O–H groups in total. The van der Waals surface area contributed by atoms with Gasteiger partial charge in [0.15, 0.2) is 0 Å². The molecular formula is C25H25N+2. The first-order valence-corrected chi connectivity index (χ1v) is 9.14. The van der Waals surface area contributed by atoms with Crippen molar-refractivity contribution in [2.24, 2.45) is 0 Å². The SMILES string of the molecule is C=[n+]1c2ccc(C)cc2c(=C2C(C)=CC(C)=C[C+]2C)c2cc(C)ccc21. The Hall–Kier alpha value is -2.80. The molecule has 1 aliphatic carbocycles. The van der Waals surface area contributed by atoms with E-state index < -0.39 is 0 Å². The van der Waals surface area contributed by atoms with Crippen molar-refractivity contribution in [1.82, 2.24) is 0 Å².